The molecule has 0 saturated heterocycles. The fraction of sp³-hybridized carbons (Fsp3) is 0.300. The zero-order valence-corrected chi connectivity index (χ0v) is 16.8. The van der Waals surface area contributed by atoms with E-state index in [4.69, 9.17) is 18.9 Å². The molecule has 0 aliphatic carbocycles. The molecule has 0 unspecified atom stereocenters. The molecule has 0 aliphatic rings. The van der Waals surface area contributed by atoms with Crippen LogP contribution in [0, 0.1) is 10.1 Å². The van der Waals surface area contributed by atoms with Gasteiger partial charge < -0.3 is 24.3 Å². The second-order valence-electron chi connectivity index (χ2n) is 6.05. The summed E-state index contributed by atoms with van der Waals surface area (Å²) in [5.41, 5.74) is 1.04. The highest BCUT2D eigenvalue weighted by atomic mass is 16.6. The Morgan fingerprint density at radius 3 is 2.10 bits per heavy atom. The summed E-state index contributed by atoms with van der Waals surface area (Å²) in [7, 11) is 4.50. The number of ether oxygens (including phenoxy) is 4. The van der Waals surface area contributed by atoms with E-state index < -0.39 is 23.4 Å². The number of nitro groups is 1. The number of hydrogen-bond donors (Lipinski definition) is 1. The highest BCUT2D eigenvalue weighted by Crippen LogP contribution is 2.38. The smallest absolute Gasteiger partial charge is 0.306 e. The molecule has 0 spiro atoms. The van der Waals surface area contributed by atoms with Gasteiger partial charge in [-0.2, -0.15) is 0 Å². The molecular formula is C20H22N2O8. The van der Waals surface area contributed by atoms with Gasteiger partial charge in [0.15, 0.2) is 18.1 Å². The van der Waals surface area contributed by atoms with Crippen molar-refractivity contribution >= 4 is 23.3 Å². The molecule has 30 heavy (non-hydrogen) atoms. The first-order chi connectivity index (χ1) is 14.4. The molecule has 0 aromatic heterocycles. The molecule has 160 valence electrons. The lowest BCUT2D eigenvalue weighted by atomic mass is 10.1. The molecular weight excluding hydrogens is 396 g/mol. The third-order valence-corrected chi connectivity index (χ3v) is 4.07. The van der Waals surface area contributed by atoms with Crippen molar-refractivity contribution in [3.05, 3.63) is 52.1 Å². The van der Waals surface area contributed by atoms with Crippen LogP contribution in [0.3, 0.4) is 0 Å². The second-order valence-corrected chi connectivity index (χ2v) is 6.05. The number of rotatable bonds is 10. The Balaban J connectivity index is 1.84. The van der Waals surface area contributed by atoms with Gasteiger partial charge in [-0.05, 0) is 36.2 Å². The summed E-state index contributed by atoms with van der Waals surface area (Å²) in [4.78, 5) is 33.9. The van der Waals surface area contributed by atoms with Gasteiger partial charge in [-0.3, -0.25) is 19.7 Å². The molecule has 0 aliphatic heterocycles. The van der Waals surface area contributed by atoms with Crippen LogP contribution in [0.25, 0.3) is 0 Å². The Kier molecular flexibility index (Phi) is 7.98. The van der Waals surface area contributed by atoms with E-state index in [1.54, 1.807) is 12.1 Å². The average molecular weight is 418 g/mol. The van der Waals surface area contributed by atoms with Crippen molar-refractivity contribution in [2.24, 2.45) is 0 Å². The number of nitrogens with one attached hydrogen (secondary N) is 1. The maximum absolute atomic E-state index is 12.0. The quantitative estimate of drug-likeness (QED) is 0.355. The van der Waals surface area contributed by atoms with E-state index in [0.717, 1.165) is 5.56 Å². The van der Waals surface area contributed by atoms with Crippen LogP contribution in [0.2, 0.25) is 0 Å². The Labute approximate surface area is 172 Å². The first-order valence-corrected chi connectivity index (χ1v) is 8.86. The fourth-order valence-corrected chi connectivity index (χ4v) is 2.61. The lowest BCUT2D eigenvalue weighted by Crippen LogP contribution is -2.21. The maximum Gasteiger partial charge on any atom is 0.306 e. The summed E-state index contributed by atoms with van der Waals surface area (Å²) < 4.78 is 20.8. The monoisotopic (exact) mass is 418 g/mol. The predicted molar refractivity (Wildman–Crippen MR) is 107 cm³/mol. The number of aryl methyl sites for hydroxylation is 1. The van der Waals surface area contributed by atoms with Crippen molar-refractivity contribution in [2.75, 3.05) is 33.3 Å². The van der Waals surface area contributed by atoms with E-state index in [9.17, 15) is 19.7 Å². The predicted octanol–water partition coefficient (Wildman–Crippen LogP) is 2.74. The number of esters is 1. The van der Waals surface area contributed by atoms with Crippen LogP contribution in [-0.2, 0) is 20.7 Å². The molecule has 1 N–H and O–H groups in total. The molecule has 2 aromatic rings. The molecule has 0 bridgehead atoms. The number of methoxy groups -OCH3 is 3. The van der Waals surface area contributed by atoms with E-state index in [1.165, 1.54) is 45.6 Å². The van der Waals surface area contributed by atoms with Crippen LogP contribution >= 0.6 is 0 Å². The third-order valence-electron chi connectivity index (χ3n) is 4.07. The zero-order chi connectivity index (χ0) is 22.1. The van der Waals surface area contributed by atoms with E-state index in [2.05, 4.69) is 5.32 Å². The van der Waals surface area contributed by atoms with Crippen molar-refractivity contribution in [1.29, 1.82) is 0 Å². The standard InChI is InChI=1S/C20H22N2O8/c1-27-16-10-13(11-17(28-2)20(16)29-3)4-9-19(24)30-12-18(23)21-14-5-7-15(8-6-14)22(25)26/h5-8,10-11H,4,9,12H2,1-3H3,(H,21,23). The van der Waals surface area contributed by atoms with Gasteiger partial charge in [-0.1, -0.05) is 0 Å². The SMILES string of the molecule is COc1cc(CCC(=O)OCC(=O)Nc2ccc([N+](=O)[O-])cc2)cc(OC)c1OC. The van der Waals surface area contributed by atoms with Crippen LogP contribution in [-0.4, -0.2) is 44.7 Å². The first kappa shape index (κ1) is 22.5. The van der Waals surface area contributed by atoms with E-state index in [0.29, 0.717) is 29.4 Å². The van der Waals surface area contributed by atoms with E-state index in [-0.39, 0.29) is 12.1 Å². The summed E-state index contributed by atoms with van der Waals surface area (Å²) >= 11 is 0. The van der Waals surface area contributed by atoms with Crippen LogP contribution < -0.4 is 19.5 Å². The number of hydrogen-bond acceptors (Lipinski definition) is 8. The molecule has 0 heterocycles. The van der Waals surface area contributed by atoms with Crippen LogP contribution in [0.1, 0.15) is 12.0 Å². The lowest BCUT2D eigenvalue weighted by Gasteiger charge is -2.14. The van der Waals surface area contributed by atoms with Crippen LogP contribution in [0.4, 0.5) is 11.4 Å². The van der Waals surface area contributed by atoms with Crippen molar-refractivity contribution in [3.63, 3.8) is 0 Å². The minimum absolute atomic E-state index is 0.0451. The summed E-state index contributed by atoms with van der Waals surface area (Å²) in [5.74, 6) is 0.298. The maximum atomic E-state index is 12.0. The molecule has 0 atom stereocenters. The van der Waals surface area contributed by atoms with E-state index in [1.807, 2.05) is 0 Å². The molecule has 2 aromatic carbocycles. The van der Waals surface area contributed by atoms with Crippen molar-refractivity contribution in [2.45, 2.75) is 12.8 Å². The number of benzene rings is 2. The number of amides is 1. The average Bonchev–Trinajstić information content (AvgIpc) is 2.75. The first-order valence-electron chi connectivity index (χ1n) is 8.86. The molecule has 2 rings (SSSR count). The van der Waals surface area contributed by atoms with Crippen molar-refractivity contribution < 1.29 is 33.5 Å². The normalized spacial score (nSPS) is 10.1. The Hall–Kier alpha value is -3.82. The van der Waals surface area contributed by atoms with Gasteiger partial charge in [0.25, 0.3) is 11.6 Å². The molecule has 0 radical (unpaired) electrons. The number of anilines is 1. The van der Waals surface area contributed by atoms with Gasteiger partial charge >= 0.3 is 5.97 Å². The largest absolute Gasteiger partial charge is 0.493 e. The van der Waals surface area contributed by atoms with Crippen molar-refractivity contribution in [1.82, 2.24) is 0 Å². The van der Waals surface area contributed by atoms with Gasteiger partial charge in [-0.25, -0.2) is 0 Å². The van der Waals surface area contributed by atoms with Gasteiger partial charge in [0.05, 0.1) is 26.3 Å². The topological polar surface area (TPSA) is 126 Å². The van der Waals surface area contributed by atoms with Gasteiger partial charge in [-0.15, -0.1) is 0 Å². The lowest BCUT2D eigenvalue weighted by molar-refractivity contribution is -0.384. The molecule has 0 fully saturated rings. The number of non-ortho nitro benzene ring substituents is 1. The summed E-state index contributed by atoms with van der Waals surface area (Å²) in [6.45, 7) is -0.467. The number of nitro benzene ring substituents is 1. The summed E-state index contributed by atoms with van der Waals surface area (Å²) in [5, 5.41) is 13.1. The van der Waals surface area contributed by atoms with Crippen LogP contribution in [0.5, 0.6) is 17.2 Å². The number of carbonyl (C=O) groups excluding carboxylic acids is 2. The number of nitrogens with zero attached hydrogens (tertiary/aromatic N) is 1. The zero-order valence-electron chi connectivity index (χ0n) is 16.8. The van der Waals surface area contributed by atoms with Crippen LogP contribution in [0.15, 0.2) is 36.4 Å². The minimum atomic E-state index is -0.553. The van der Waals surface area contributed by atoms with Gasteiger partial charge in [0.2, 0.25) is 5.75 Å². The second kappa shape index (κ2) is 10.6. The Morgan fingerprint density at radius 1 is 1.00 bits per heavy atom. The molecule has 10 nitrogen and oxygen atoms in total. The molecule has 0 saturated carbocycles. The Bertz CT molecular complexity index is 887. The highest BCUT2D eigenvalue weighted by Gasteiger charge is 2.15. The van der Waals surface area contributed by atoms with E-state index >= 15 is 0 Å². The van der Waals surface area contributed by atoms with Gasteiger partial charge in [0.1, 0.15) is 0 Å². The summed E-state index contributed by atoms with van der Waals surface area (Å²) in [6.07, 6.45) is 0.392. The highest BCUT2D eigenvalue weighted by molar-refractivity contribution is 5.92. The minimum Gasteiger partial charge on any atom is -0.493 e. The third kappa shape index (κ3) is 6.09. The fourth-order valence-electron chi connectivity index (χ4n) is 2.61. The molecule has 10 heteroatoms. The molecule has 1 amide bonds. The van der Waals surface area contributed by atoms with Crippen molar-refractivity contribution in [3.8, 4) is 17.2 Å². The summed E-state index contributed by atoms with van der Waals surface area (Å²) in [6, 6.07) is 8.77. The van der Waals surface area contributed by atoms with Gasteiger partial charge in [0, 0.05) is 24.2 Å². The number of carbonyl (C=O) groups is 2. The Morgan fingerprint density at radius 2 is 1.60 bits per heavy atom.